The minimum absolute atomic E-state index is 0.0396. The Labute approximate surface area is 181 Å². The molecule has 0 fully saturated rings. The molecule has 7 heteroatoms. The number of ketones is 1. The summed E-state index contributed by atoms with van der Waals surface area (Å²) >= 11 is 8.45. The van der Waals surface area contributed by atoms with Gasteiger partial charge in [0.05, 0.1) is 31.6 Å². The van der Waals surface area contributed by atoms with E-state index in [-0.39, 0.29) is 17.1 Å². The van der Waals surface area contributed by atoms with Gasteiger partial charge in [0.1, 0.15) is 0 Å². The van der Waals surface area contributed by atoms with E-state index in [9.17, 15) is 9.59 Å². The van der Waals surface area contributed by atoms with Gasteiger partial charge in [-0.15, -0.1) is 11.3 Å². The van der Waals surface area contributed by atoms with Gasteiger partial charge >= 0.3 is 0 Å². The Morgan fingerprint density at radius 3 is 2.55 bits per heavy atom. The van der Waals surface area contributed by atoms with Crippen LogP contribution in [-0.2, 0) is 6.42 Å². The zero-order chi connectivity index (χ0) is 20.4. The number of para-hydroxylation sites is 1. The van der Waals surface area contributed by atoms with Crippen LogP contribution in [0.15, 0.2) is 70.6 Å². The molecule has 0 aliphatic heterocycles. The quantitative estimate of drug-likeness (QED) is 0.221. The molecule has 0 radical (unpaired) electrons. The average Bonchev–Trinajstić information content (AvgIpc) is 3.19. The summed E-state index contributed by atoms with van der Waals surface area (Å²) in [5, 5.41) is 1.04. The summed E-state index contributed by atoms with van der Waals surface area (Å²) in [6.07, 6.45) is 0.921. The maximum Gasteiger partial charge on any atom is 0.266 e. The molecule has 0 unspecified atom stereocenters. The number of thioether (sulfide) groups is 1. The molecule has 2 aromatic heterocycles. The highest BCUT2D eigenvalue weighted by Gasteiger charge is 2.16. The largest absolute Gasteiger partial charge is 0.292 e. The van der Waals surface area contributed by atoms with Crippen LogP contribution in [-0.4, -0.2) is 21.1 Å². The zero-order valence-corrected chi connectivity index (χ0v) is 18.0. The summed E-state index contributed by atoms with van der Waals surface area (Å²) in [5.74, 6) is 0.136. The molecular weight excluding hydrogens is 424 g/mol. The number of rotatable bonds is 6. The van der Waals surface area contributed by atoms with Crippen molar-refractivity contribution in [2.24, 2.45) is 0 Å². The van der Waals surface area contributed by atoms with E-state index in [2.05, 4.69) is 11.9 Å². The number of hydrogen-bond donors (Lipinski definition) is 0. The Balaban J connectivity index is 1.76. The van der Waals surface area contributed by atoms with Gasteiger partial charge in [0.25, 0.3) is 5.56 Å². The third kappa shape index (κ3) is 4.15. The summed E-state index contributed by atoms with van der Waals surface area (Å²) in [6, 6.07) is 18.5. The SMILES string of the molecule is CCc1ccc(-n2c(SCC(=O)c3ccc(Cl)s3)nc3ccccc3c2=O)cc1. The molecule has 0 saturated heterocycles. The minimum Gasteiger partial charge on any atom is -0.292 e. The summed E-state index contributed by atoms with van der Waals surface area (Å²) in [6.45, 7) is 2.09. The van der Waals surface area contributed by atoms with E-state index < -0.39 is 0 Å². The highest BCUT2D eigenvalue weighted by Crippen LogP contribution is 2.26. The number of nitrogens with zero attached hydrogens (tertiary/aromatic N) is 2. The van der Waals surface area contributed by atoms with Crippen LogP contribution in [0.25, 0.3) is 16.6 Å². The lowest BCUT2D eigenvalue weighted by Crippen LogP contribution is -2.22. The van der Waals surface area contributed by atoms with Crippen LogP contribution >= 0.6 is 34.7 Å². The summed E-state index contributed by atoms with van der Waals surface area (Å²) < 4.78 is 2.16. The second-order valence-electron chi connectivity index (χ2n) is 6.39. The first-order valence-corrected chi connectivity index (χ1v) is 11.3. The van der Waals surface area contributed by atoms with Crippen molar-refractivity contribution in [3.05, 3.63) is 85.8 Å². The topological polar surface area (TPSA) is 52.0 Å². The van der Waals surface area contributed by atoms with Crippen LogP contribution in [0.5, 0.6) is 0 Å². The van der Waals surface area contributed by atoms with Crippen molar-refractivity contribution in [2.75, 3.05) is 5.75 Å². The highest BCUT2D eigenvalue weighted by atomic mass is 35.5. The Morgan fingerprint density at radius 1 is 1.10 bits per heavy atom. The molecule has 4 aromatic rings. The van der Waals surface area contributed by atoms with E-state index >= 15 is 0 Å². The van der Waals surface area contributed by atoms with Gasteiger partial charge in [0, 0.05) is 0 Å². The Hall–Kier alpha value is -2.41. The lowest BCUT2D eigenvalue weighted by Gasteiger charge is -2.13. The standard InChI is InChI=1S/C22H17ClN2O2S2/c1-2-14-7-9-15(10-8-14)25-21(27)16-5-3-4-6-17(16)24-22(25)28-13-18(26)19-11-12-20(23)29-19/h3-12H,2,13H2,1H3. The number of halogens is 1. The maximum absolute atomic E-state index is 13.2. The van der Waals surface area contributed by atoms with Crippen LogP contribution in [0, 0.1) is 0 Å². The highest BCUT2D eigenvalue weighted by molar-refractivity contribution is 7.99. The van der Waals surface area contributed by atoms with E-state index in [4.69, 9.17) is 11.6 Å². The van der Waals surface area contributed by atoms with Crippen LogP contribution < -0.4 is 5.56 Å². The second-order valence-corrected chi connectivity index (χ2v) is 9.05. The van der Waals surface area contributed by atoms with Crippen molar-refractivity contribution in [2.45, 2.75) is 18.5 Å². The Kier molecular flexibility index (Phi) is 5.85. The molecule has 0 N–H and O–H groups in total. The van der Waals surface area contributed by atoms with Crippen molar-refractivity contribution in [1.82, 2.24) is 9.55 Å². The predicted octanol–water partition coefficient (Wildman–Crippen LogP) is 5.64. The lowest BCUT2D eigenvalue weighted by atomic mass is 10.1. The first-order valence-electron chi connectivity index (χ1n) is 9.09. The molecule has 0 saturated carbocycles. The number of carbonyl (C=O) groups excluding carboxylic acids is 1. The number of Topliss-reactive ketones (excluding diaryl/α,β-unsaturated/α-hetero) is 1. The molecule has 146 valence electrons. The molecule has 0 aliphatic rings. The first kappa shape index (κ1) is 19.9. The number of fused-ring (bicyclic) bond motifs is 1. The van der Waals surface area contributed by atoms with Gasteiger partial charge < -0.3 is 0 Å². The van der Waals surface area contributed by atoms with Gasteiger partial charge in [0.15, 0.2) is 10.9 Å². The molecule has 0 bridgehead atoms. The predicted molar refractivity (Wildman–Crippen MR) is 121 cm³/mol. The van der Waals surface area contributed by atoms with E-state index in [1.807, 2.05) is 42.5 Å². The van der Waals surface area contributed by atoms with Gasteiger partial charge in [-0.1, -0.05) is 54.6 Å². The summed E-state index contributed by atoms with van der Waals surface area (Å²) in [4.78, 5) is 31.0. The van der Waals surface area contributed by atoms with Crippen molar-refractivity contribution < 1.29 is 4.79 Å². The smallest absolute Gasteiger partial charge is 0.266 e. The number of carbonyl (C=O) groups is 1. The van der Waals surface area contributed by atoms with Crippen LogP contribution in [0.2, 0.25) is 4.34 Å². The second kappa shape index (κ2) is 8.53. The average molecular weight is 441 g/mol. The van der Waals surface area contributed by atoms with Crippen LogP contribution in [0.3, 0.4) is 0 Å². The fraction of sp³-hybridized carbons (Fsp3) is 0.136. The fourth-order valence-corrected chi connectivity index (χ4v) is 4.95. The summed E-state index contributed by atoms with van der Waals surface area (Å²) in [5.41, 5.74) is 2.40. The summed E-state index contributed by atoms with van der Waals surface area (Å²) in [7, 11) is 0. The monoisotopic (exact) mass is 440 g/mol. The number of aryl methyl sites for hydroxylation is 1. The molecule has 0 amide bonds. The lowest BCUT2D eigenvalue weighted by molar-refractivity contribution is 0.102. The van der Waals surface area contributed by atoms with Crippen molar-refractivity contribution in [3.63, 3.8) is 0 Å². The van der Waals surface area contributed by atoms with Crippen LogP contribution in [0.1, 0.15) is 22.2 Å². The van der Waals surface area contributed by atoms with E-state index in [0.717, 1.165) is 12.1 Å². The van der Waals surface area contributed by atoms with E-state index in [1.54, 1.807) is 22.8 Å². The molecule has 0 spiro atoms. The van der Waals surface area contributed by atoms with Crippen LogP contribution in [0.4, 0.5) is 0 Å². The number of thiophene rings is 1. The van der Waals surface area contributed by atoms with Crippen molar-refractivity contribution >= 4 is 51.4 Å². The van der Waals surface area contributed by atoms with Gasteiger partial charge in [-0.3, -0.25) is 14.2 Å². The molecule has 4 nitrogen and oxygen atoms in total. The number of aromatic nitrogens is 2. The molecule has 0 aliphatic carbocycles. The van der Waals surface area contributed by atoms with Crippen molar-refractivity contribution in [1.29, 1.82) is 0 Å². The molecule has 2 heterocycles. The third-order valence-electron chi connectivity index (χ3n) is 4.53. The minimum atomic E-state index is -0.144. The maximum atomic E-state index is 13.2. The van der Waals surface area contributed by atoms with Gasteiger partial charge in [-0.25, -0.2) is 4.98 Å². The Bertz CT molecular complexity index is 1250. The number of hydrogen-bond acceptors (Lipinski definition) is 5. The first-order chi connectivity index (χ1) is 14.1. The third-order valence-corrected chi connectivity index (χ3v) is 6.74. The Morgan fingerprint density at radius 2 is 1.86 bits per heavy atom. The zero-order valence-electron chi connectivity index (χ0n) is 15.6. The molecule has 0 atom stereocenters. The molecular formula is C22H17ClN2O2S2. The fourth-order valence-electron chi connectivity index (χ4n) is 2.98. The molecule has 29 heavy (non-hydrogen) atoms. The van der Waals surface area contributed by atoms with Gasteiger partial charge in [-0.2, -0.15) is 0 Å². The van der Waals surface area contributed by atoms with E-state index in [1.165, 1.54) is 28.7 Å². The number of benzene rings is 2. The van der Waals surface area contributed by atoms with Gasteiger partial charge in [0.2, 0.25) is 0 Å². The normalized spacial score (nSPS) is 11.1. The molecule has 4 rings (SSSR count). The van der Waals surface area contributed by atoms with E-state index in [0.29, 0.717) is 25.3 Å². The van der Waals surface area contributed by atoms with Crippen molar-refractivity contribution in [3.8, 4) is 5.69 Å². The molecule has 2 aromatic carbocycles. The van der Waals surface area contributed by atoms with Gasteiger partial charge in [-0.05, 0) is 48.4 Å².